The van der Waals surface area contributed by atoms with Gasteiger partial charge in [-0.1, -0.05) is 18.2 Å². The molecule has 0 spiro atoms. The minimum atomic E-state index is -0.432. The smallest absolute Gasteiger partial charge is 0.276 e. The number of hydrogen-bond donors (Lipinski definition) is 2. The van der Waals surface area contributed by atoms with Gasteiger partial charge in [0, 0.05) is 25.2 Å². The van der Waals surface area contributed by atoms with E-state index in [1.54, 1.807) is 53.2 Å². The predicted octanol–water partition coefficient (Wildman–Crippen LogP) is 2.78. The summed E-state index contributed by atoms with van der Waals surface area (Å²) < 4.78 is 6.99. The number of nitrogens with two attached hydrogens (primary N) is 1. The van der Waals surface area contributed by atoms with Crippen LogP contribution in [0.1, 0.15) is 39.3 Å². The maximum absolute atomic E-state index is 13.1. The van der Waals surface area contributed by atoms with E-state index < -0.39 is 5.91 Å². The molecule has 0 bridgehead atoms. The highest BCUT2D eigenvalue weighted by atomic mass is 16.5. The largest absolute Gasteiger partial charge is 0.494 e. The van der Waals surface area contributed by atoms with Crippen LogP contribution in [0.2, 0.25) is 0 Å². The van der Waals surface area contributed by atoms with Gasteiger partial charge in [0.25, 0.3) is 11.8 Å². The number of aryl methyl sites for hydroxylation is 1. The van der Waals surface area contributed by atoms with Crippen LogP contribution in [0.4, 0.5) is 5.69 Å². The van der Waals surface area contributed by atoms with Gasteiger partial charge in [-0.15, -0.1) is 0 Å². The minimum absolute atomic E-state index is 0.200. The van der Waals surface area contributed by atoms with Crippen molar-refractivity contribution >= 4 is 23.4 Å². The molecule has 1 aromatic heterocycles. The van der Waals surface area contributed by atoms with Gasteiger partial charge in [0.15, 0.2) is 5.69 Å². The zero-order valence-electron chi connectivity index (χ0n) is 19.2. The molecule has 0 radical (unpaired) electrons. The Kier molecular flexibility index (Phi) is 6.62. The molecule has 3 aromatic rings. The van der Waals surface area contributed by atoms with Crippen molar-refractivity contribution in [3.05, 3.63) is 71.5 Å². The molecule has 2 heterocycles. The van der Waals surface area contributed by atoms with E-state index in [1.807, 2.05) is 25.1 Å². The maximum Gasteiger partial charge on any atom is 0.276 e. The molecular weight excluding hydrogens is 434 g/mol. The number of likely N-dealkylation sites (tertiary alicyclic amines) is 1. The number of hydrogen-bond acceptors (Lipinski definition) is 5. The fourth-order valence-corrected chi connectivity index (χ4v) is 4.06. The first-order valence-electron chi connectivity index (χ1n) is 11.1. The summed E-state index contributed by atoms with van der Waals surface area (Å²) in [4.78, 5) is 39.2. The lowest BCUT2D eigenvalue weighted by molar-refractivity contribution is -0.123. The van der Waals surface area contributed by atoms with Crippen molar-refractivity contribution in [1.82, 2.24) is 14.7 Å². The van der Waals surface area contributed by atoms with E-state index in [0.717, 1.165) is 11.3 Å². The van der Waals surface area contributed by atoms with Crippen LogP contribution < -0.4 is 15.8 Å². The van der Waals surface area contributed by atoms with Gasteiger partial charge in [-0.25, -0.2) is 4.68 Å². The summed E-state index contributed by atoms with van der Waals surface area (Å²) in [5, 5.41) is 7.21. The van der Waals surface area contributed by atoms with Crippen molar-refractivity contribution < 1.29 is 19.1 Å². The number of rotatable bonds is 6. The Morgan fingerprint density at radius 1 is 1.09 bits per heavy atom. The van der Waals surface area contributed by atoms with Gasteiger partial charge in [0.05, 0.1) is 18.4 Å². The number of primary amides is 1. The first-order chi connectivity index (χ1) is 16.4. The molecule has 0 aliphatic carbocycles. The van der Waals surface area contributed by atoms with Crippen LogP contribution in [0.3, 0.4) is 0 Å². The van der Waals surface area contributed by atoms with Crippen LogP contribution >= 0.6 is 0 Å². The average Bonchev–Trinajstić information content (AvgIpc) is 3.34. The Bertz CT molecular complexity index is 1230. The van der Waals surface area contributed by atoms with Gasteiger partial charge in [-0.05, 0) is 55.7 Å². The number of aromatic nitrogens is 2. The lowest BCUT2D eigenvalue weighted by atomic mass is 9.95. The molecule has 1 aliphatic rings. The lowest BCUT2D eigenvalue weighted by Crippen LogP contribution is -2.42. The summed E-state index contributed by atoms with van der Waals surface area (Å²) in [7, 11) is 1.58. The molecule has 0 atom stereocenters. The van der Waals surface area contributed by atoms with Gasteiger partial charge in [-0.2, -0.15) is 5.10 Å². The van der Waals surface area contributed by atoms with Crippen molar-refractivity contribution in [1.29, 1.82) is 0 Å². The van der Waals surface area contributed by atoms with Gasteiger partial charge in [0.2, 0.25) is 5.91 Å². The predicted molar refractivity (Wildman–Crippen MR) is 127 cm³/mol. The summed E-state index contributed by atoms with van der Waals surface area (Å²) >= 11 is 0. The summed E-state index contributed by atoms with van der Waals surface area (Å²) in [5.41, 5.74) is 8.13. The molecule has 34 heavy (non-hydrogen) atoms. The second-order valence-corrected chi connectivity index (χ2v) is 8.29. The van der Waals surface area contributed by atoms with Crippen molar-refractivity contribution in [2.24, 2.45) is 11.7 Å². The van der Waals surface area contributed by atoms with E-state index in [4.69, 9.17) is 10.5 Å². The molecule has 176 valence electrons. The Labute approximate surface area is 197 Å². The van der Waals surface area contributed by atoms with E-state index in [-0.39, 0.29) is 23.4 Å². The lowest BCUT2D eigenvalue weighted by Gasteiger charge is -2.31. The number of methoxy groups -OCH3 is 1. The van der Waals surface area contributed by atoms with Gasteiger partial charge >= 0.3 is 0 Å². The number of anilines is 1. The zero-order valence-corrected chi connectivity index (χ0v) is 19.2. The van der Waals surface area contributed by atoms with Crippen LogP contribution in [-0.2, 0) is 4.79 Å². The number of nitrogens with zero attached hydrogens (tertiary/aromatic N) is 3. The van der Waals surface area contributed by atoms with E-state index in [0.29, 0.717) is 42.9 Å². The monoisotopic (exact) mass is 461 g/mol. The van der Waals surface area contributed by atoms with Crippen molar-refractivity contribution in [3.63, 3.8) is 0 Å². The molecule has 1 fully saturated rings. The minimum Gasteiger partial charge on any atom is -0.494 e. The average molecular weight is 462 g/mol. The molecule has 3 amide bonds. The molecular formula is C25H27N5O4. The van der Waals surface area contributed by atoms with Crippen molar-refractivity contribution in [3.8, 4) is 11.4 Å². The van der Waals surface area contributed by atoms with E-state index in [9.17, 15) is 14.4 Å². The topological polar surface area (TPSA) is 120 Å². The summed E-state index contributed by atoms with van der Waals surface area (Å²) in [6.07, 6.45) is 2.76. The SMILES string of the molecule is COc1ccc(C)cc1-n1ccc(C(=O)Nc2ccccc2C(=O)N2CCC(C(N)=O)CC2)n1. The van der Waals surface area contributed by atoms with Gasteiger partial charge in [0.1, 0.15) is 11.4 Å². The third kappa shape index (κ3) is 4.78. The second-order valence-electron chi connectivity index (χ2n) is 8.29. The van der Waals surface area contributed by atoms with Crippen LogP contribution in [0.25, 0.3) is 5.69 Å². The first kappa shape index (κ1) is 23.0. The zero-order chi connectivity index (χ0) is 24.2. The quantitative estimate of drug-likeness (QED) is 0.585. The Balaban J connectivity index is 1.51. The van der Waals surface area contributed by atoms with E-state index >= 15 is 0 Å². The number of ether oxygens (including phenoxy) is 1. The van der Waals surface area contributed by atoms with Crippen LogP contribution in [0, 0.1) is 12.8 Å². The molecule has 0 unspecified atom stereocenters. The highest BCUT2D eigenvalue weighted by Crippen LogP contribution is 2.25. The highest BCUT2D eigenvalue weighted by Gasteiger charge is 2.28. The summed E-state index contributed by atoms with van der Waals surface area (Å²) in [5.74, 6) is -0.535. The van der Waals surface area contributed by atoms with Crippen molar-refractivity contribution in [2.45, 2.75) is 19.8 Å². The van der Waals surface area contributed by atoms with Crippen LogP contribution in [-0.4, -0.2) is 52.6 Å². The van der Waals surface area contributed by atoms with E-state index in [2.05, 4.69) is 10.4 Å². The summed E-state index contributed by atoms with van der Waals surface area (Å²) in [6, 6.07) is 14.2. The van der Waals surface area contributed by atoms with Gasteiger partial charge in [-0.3, -0.25) is 14.4 Å². The van der Waals surface area contributed by atoms with Crippen LogP contribution in [0.5, 0.6) is 5.75 Å². The third-order valence-corrected chi connectivity index (χ3v) is 5.99. The fraction of sp³-hybridized carbons (Fsp3) is 0.280. The van der Waals surface area contributed by atoms with Crippen molar-refractivity contribution in [2.75, 3.05) is 25.5 Å². The number of para-hydroxylation sites is 1. The number of piperidine rings is 1. The first-order valence-corrected chi connectivity index (χ1v) is 11.1. The Hall–Kier alpha value is -4.14. The van der Waals surface area contributed by atoms with Crippen LogP contribution in [0.15, 0.2) is 54.7 Å². The third-order valence-electron chi connectivity index (χ3n) is 5.99. The van der Waals surface area contributed by atoms with E-state index in [1.165, 1.54) is 0 Å². The normalized spacial score (nSPS) is 14.0. The number of benzene rings is 2. The Morgan fingerprint density at radius 2 is 1.82 bits per heavy atom. The number of nitrogens with one attached hydrogen (secondary N) is 1. The Morgan fingerprint density at radius 3 is 2.53 bits per heavy atom. The summed E-state index contributed by atoms with van der Waals surface area (Å²) in [6.45, 7) is 2.85. The molecule has 3 N–H and O–H groups in total. The molecule has 2 aromatic carbocycles. The number of amides is 3. The van der Waals surface area contributed by atoms with Gasteiger partial charge < -0.3 is 20.7 Å². The highest BCUT2D eigenvalue weighted by molar-refractivity contribution is 6.08. The molecule has 4 rings (SSSR count). The molecule has 9 heteroatoms. The second kappa shape index (κ2) is 9.78. The molecule has 1 aliphatic heterocycles. The fourth-order valence-electron chi connectivity index (χ4n) is 4.06. The number of carbonyl (C=O) groups is 3. The maximum atomic E-state index is 13.1. The standard InChI is InChI=1S/C25H27N5O4/c1-16-7-8-22(34-2)21(15-16)30-14-11-20(28-30)24(32)27-19-6-4-3-5-18(19)25(33)29-12-9-17(10-13-29)23(26)31/h3-8,11,14-15,17H,9-10,12-13H2,1-2H3,(H2,26,31)(H,27,32). The molecule has 0 saturated carbocycles. The number of carbonyl (C=O) groups excluding carboxylic acids is 3. The molecule has 9 nitrogen and oxygen atoms in total. The molecule has 1 saturated heterocycles.